The van der Waals surface area contributed by atoms with Crippen LogP contribution in [0.5, 0.6) is 0 Å². The molecule has 0 aromatic carbocycles. The molecular formula is C14H24N2O3. The zero-order valence-corrected chi connectivity index (χ0v) is 11.6. The highest BCUT2D eigenvalue weighted by Crippen LogP contribution is 2.60. The van der Waals surface area contributed by atoms with Gasteiger partial charge in [0.25, 0.3) is 0 Å². The normalized spacial score (nSPS) is 21.5. The lowest BCUT2D eigenvalue weighted by Crippen LogP contribution is -2.39. The Bertz CT molecular complexity index is 349. The van der Waals surface area contributed by atoms with Crippen molar-refractivity contribution in [3.05, 3.63) is 0 Å². The van der Waals surface area contributed by atoms with E-state index >= 15 is 0 Å². The maximum absolute atomic E-state index is 11.6. The Balaban J connectivity index is 1.51. The smallest absolute Gasteiger partial charge is 0.314 e. The lowest BCUT2D eigenvalue weighted by atomic mass is 10.0. The molecule has 2 aliphatic carbocycles. The molecule has 1 atom stereocenters. The molecule has 0 aromatic heterocycles. The third kappa shape index (κ3) is 4.11. The molecule has 19 heavy (non-hydrogen) atoms. The fourth-order valence-corrected chi connectivity index (χ4v) is 2.64. The van der Waals surface area contributed by atoms with Crippen LogP contribution in [0.3, 0.4) is 0 Å². The number of amides is 2. The number of carbonyl (C=O) groups excluding carboxylic acids is 1. The Hall–Kier alpha value is -1.26. The first-order chi connectivity index (χ1) is 9.03. The molecule has 0 aromatic rings. The third-order valence-corrected chi connectivity index (χ3v) is 4.46. The van der Waals surface area contributed by atoms with Gasteiger partial charge in [-0.25, -0.2) is 4.79 Å². The summed E-state index contributed by atoms with van der Waals surface area (Å²) >= 11 is 0. The minimum atomic E-state index is -0.774. The van der Waals surface area contributed by atoms with Crippen molar-refractivity contribution in [2.24, 2.45) is 17.3 Å². The van der Waals surface area contributed by atoms with E-state index in [-0.39, 0.29) is 11.9 Å². The van der Waals surface area contributed by atoms with Crippen LogP contribution in [0.4, 0.5) is 4.79 Å². The van der Waals surface area contributed by atoms with E-state index < -0.39 is 5.97 Å². The Labute approximate surface area is 114 Å². The van der Waals surface area contributed by atoms with E-state index in [1.54, 1.807) is 6.92 Å². The molecule has 2 aliphatic rings. The van der Waals surface area contributed by atoms with Crippen LogP contribution in [-0.2, 0) is 4.79 Å². The van der Waals surface area contributed by atoms with Crippen LogP contribution in [0.2, 0.25) is 0 Å². The summed E-state index contributed by atoms with van der Waals surface area (Å²) in [5.74, 6) is -0.261. The summed E-state index contributed by atoms with van der Waals surface area (Å²) in [7, 11) is 0. The number of carboxylic acids is 1. The molecule has 0 bridgehead atoms. The summed E-state index contributed by atoms with van der Waals surface area (Å²) in [5.41, 5.74) is 0.426. The quantitative estimate of drug-likeness (QED) is 0.589. The molecule has 3 N–H and O–H groups in total. The van der Waals surface area contributed by atoms with E-state index in [1.807, 2.05) is 0 Å². The standard InChI is InChI=1S/C14H24N2O3/c1-10(12(17)18)3-2-8-15-13(19)16-9-14(6-7-14)11-4-5-11/h10-11H,2-9H2,1H3,(H,17,18)(H2,15,16,19). The highest BCUT2D eigenvalue weighted by atomic mass is 16.4. The number of aliphatic carboxylic acids is 1. The maximum Gasteiger partial charge on any atom is 0.314 e. The largest absolute Gasteiger partial charge is 0.481 e. The second-order valence-corrected chi connectivity index (χ2v) is 6.13. The van der Waals surface area contributed by atoms with Crippen LogP contribution in [0.25, 0.3) is 0 Å². The first kappa shape index (κ1) is 14.2. The predicted molar refractivity (Wildman–Crippen MR) is 71.8 cm³/mol. The fraction of sp³-hybridized carbons (Fsp3) is 0.857. The SMILES string of the molecule is CC(CCCNC(=O)NCC1(C2CC2)CC1)C(=O)O. The minimum absolute atomic E-state index is 0.116. The van der Waals surface area contributed by atoms with E-state index in [4.69, 9.17) is 5.11 Å². The summed E-state index contributed by atoms with van der Waals surface area (Å²) in [6.45, 7) is 3.03. The van der Waals surface area contributed by atoms with Gasteiger partial charge in [-0.2, -0.15) is 0 Å². The van der Waals surface area contributed by atoms with E-state index in [2.05, 4.69) is 10.6 Å². The van der Waals surface area contributed by atoms with E-state index in [1.165, 1.54) is 25.7 Å². The van der Waals surface area contributed by atoms with Gasteiger partial charge in [0, 0.05) is 13.1 Å². The second-order valence-electron chi connectivity index (χ2n) is 6.13. The van der Waals surface area contributed by atoms with Gasteiger partial charge in [0.05, 0.1) is 5.92 Å². The molecule has 0 aliphatic heterocycles. The van der Waals surface area contributed by atoms with Gasteiger partial charge in [0.15, 0.2) is 0 Å². The summed E-state index contributed by atoms with van der Waals surface area (Å²) in [6, 6.07) is -0.116. The van der Waals surface area contributed by atoms with Crippen molar-refractivity contribution in [1.29, 1.82) is 0 Å². The van der Waals surface area contributed by atoms with Crippen molar-refractivity contribution in [2.75, 3.05) is 13.1 Å². The zero-order valence-electron chi connectivity index (χ0n) is 11.6. The van der Waals surface area contributed by atoms with Crippen molar-refractivity contribution in [1.82, 2.24) is 10.6 Å². The number of carboxylic acid groups (broad SMARTS) is 1. The Kier molecular flexibility index (Phi) is 4.32. The molecule has 2 saturated carbocycles. The molecule has 0 heterocycles. The molecule has 2 rings (SSSR count). The highest BCUT2D eigenvalue weighted by molar-refractivity contribution is 5.73. The molecule has 2 fully saturated rings. The van der Waals surface area contributed by atoms with Gasteiger partial charge in [-0.05, 0) is 49.9 Å². The van der Waals surface area contributed by atoms with Gasteiger partial charge in [-0.15, -0.1) is 0 Å². The Morgan fingerprint density at radius 3 is 2.53 bits per heavy atom. The van der Waals surface area contributed by atoms with Crippen molar-refractivity contribution >= 4 is 12.0 Å². The first-order valence-electron chi connectivity index (χ1n) is 7.28. The van der Waals surface area contributed by atoms with Gasteiger partial charge >= 0.3 is 12.0 Å². The number of hydrogen-bond acceptors (Lipinski definition) is 2. The fourth-order valence-electron chi connectivity index (χ4n) is 2.64. The topological polar surface area (TPSA) is 78.4 Å². The molecule has 2 amide bonds. The van der Waals surface area contributed by atoms with E-state index in [0.29, 0.717) is 24.8 Å². The van der Waals surface area contributed by atoms with Crippen LogP contribution in [0.1, 0.15) is 45.4 Å². The van der Waals surface area contributed by atoms with Crippen LogP contribution in [0.15, 0.2) is 0 Å². The number of nitrogens with one attached hydrogen (secondary N) is 2. The average Bonchev–Trinajstić information content (AvgIpc) is 3.24. The van der Waals surface area contributed by atoms with Crippen molar-refractivity contribution in [3.8, 4) is 0 Å². The van der Waals surface area contributed by atoms with Gasteiger partial charge in [0.1, 0.15) is 0 Å². The molecule has 0 radical (unpaired) electrons. The van der Waals surface area contributed by atoms with Crippen molar-refractivity contribution < 1.29 is 14.7 Å². The highest BCUT2D eigenvalue weighted by Gasteiger charge is 2.53. The molecule has 5 heteroatoms. The summed E-state index contributed by atoms with van der Waals surface area (Å²) in [6.07, 6.45) is 6.48. The first-order valence-corrected chi connectivity index (χ1v) is 7.28. The second kappa shape index (κ2) is 5.80. The van der Waals surface area contributed by atoms with Crippen LogP contribution >= 0.6 is 0 Å². The third-order valence-electron chi connectivity index (χ3n) is 4.46. The minimum Gasteiger partial charge on any atom is -0.481 e. The Morgan fingerprint density at radius 2 is 2.00 bits per heavy atom. The predicted octanol–water partition coefficient (Wildman–Crippen LogP) is 1.98. The van der Waals surface area contributed by atoms with Crippen LogP contribution in [-0.4, -0.2) is 30.2 Å². The molecule has 108 valence electrons. The maximum atomic E-state index is 11.6. The van der Waals surface area contributed by atoms with Crippen LogP contribution < -0.4 is 10.6 Å². The molecule has 5 nitrogen and oxygen atoms in total. The number of urea groups is 1. The van der Waals surface area contributed by atoms with Gasteiger partial charge in [-0.1, -0.05) is 6.92 Å². The molecular weight excluding hydrogens is 244 g/mol. The Morgan fingerprint density at radius 1 is 1.32 bits per heavy atom. The van der Waals surface area contributed by atoms with Gasteiger partial charge in [0.2, 0.25) is 0 Å². The number of carbonyl (C=O) groups is 2. The monoisotopic (exact) mass is 268 g/mol. The van der Waals surface area contributed by atoms with Crippen molar-refractivity contribution in [3.63, 3.8) is 0 Å². The lowest BCUT2D eigenvalue weighted by molar-refractivity contribution is -0.141. The molecule has 1 unspecified atom stereocenters. The van der Waals surface area contributed by atoms with E-state index in [0.717, 1.165) is 12.5 Å². The molecule has 0 spiro atoms. The van der Waals surface area contributed by atoms with E-state index in [9.17, 15) is 9.59 Å². The average molecular weight is 268 g/mol. The number of hydrogen-bond donors (Lipinski definition) is 3. The van der Waals surface area contributed by atoms with Crippen molar-refractivity contribution in [2.45, 2.75) is 45.4 Å². The van der Waals surface area contributed by atoms with Gasteiger partial charge < -0.3 is 15.7 Å². The number of rotatable bonds is 8. The zero-order chi connectivity index (χ0) is 13.9. The molecule has 0 saturated heterocycles. The van der Waals surface area contributed by atoms with Gasteiger partial charge in [-0.3, -0.25) is 4.79 Å². The van der Waals surface area contributed by atoms with Crippen LogP contribution in [0, 0.1) is 17.3 Å². The summed E-state index contributed by atoms with van der Waals surface area (Å²) in [5, 5.41) is 14.5. The summed E-state index contributed by atoms with van der Waals surface area (Å²) < 4.78 is 0. The lowest BCUT2D eigenvalue weighted by Gasteiger charge is -2.15. The summed E-state index contributed by atoms with van der Waals surface area (Å²) in [4.78, 5) is 22.2.